The van der Waals surface area contributed by atoms with E-state index in [9.17, 15) is 58.5 Å². The molecule has 22 heteroatoms. The summed E-state index contributed by atoms with van der Waals surface area (Å²) in [5.41, 5.74) is 0. The molecule has 3 rings (SSSR count). The maximum absolute atomic E-state index is 11.6. The van der Waals surface area contributed by atoms with Crippen LogP contribution in [0.15, 0.2) is 91.0 Å². The van der Waals surface area contributed by atoms with Gasteiger partial charge in [-0.3, -0.25) is 43.2 Å². The maximum atomic E-state index is 11.6. The number of aliphatic hydroxyl groups is 8. The predicted molar refractivity (Wildman–Crippen MR) is 557 cm³/mol. The number of unbranched alkanes of at least 4 members (excludes halogenated alkanes) is 43. The molecular formula is C111H195Cl2O19P. The van der Waals surface area contributed by atoms with Crippen LogP contribution < -0.4 is 15.9 Å². The molecule has 0 amide bonds. The summed E-state index contributed by atoms with van der Waals surface area (Å²) in [6.45, 7) is 9.40. The Bertz CT molecular complexity index is 2930. The van der Waals surface area contributed by atoms with Gasteiger partial charge in [0.25, 0.3) is 0 Å². The maximum Gasteiger partial charge on any atom is 0.303 e. The van der Waals surface area contributed by atoms with Gasteiger partial charge in [-0.15, -0.1) is 0 Å². The van der Waals surface area contributed by atoms with E-state index in [0.29, 0.717) is 62.9 Å². The van der Waals surface area contributed by atoms with Gasteiger partial charge in [0.05, 0.1) is 18.3 Å². The van der Waals surface area contributed by atoms with Crippen molar-refractivity contribution in [2.75, 3.05) is 33.0 Å². The molecule has 0 bridgehead atoms. The van der Waals surface area contributed by atoms with E-state index >= 15 is 0 Å². The van der Waals surface area contributed by atoms with Crippen LogP contribution in [0.3, 0.4) is 0 Å². The summed E-state index contributed by atoms with van der Waals surface area (Å²) in [6, 6.07) is 29.9. The first-order chi connectivity index (χ1) is 64.3. The number of Topliss-reactive ketones (excluding diaryl/α,β-unsaturated/α-hetero) is 7. The van der Waals surface area contributed by atoms with Crippen LogP contribution in [0.25, 0.3) is 0 Å². The monoisotopic (exact) mass is 1930 g/mol. The van der Waals surface area contributed by atoms with Gasteiger partial charge in [-0.1, -0.05) is 311 Å². The van der Waals surface area contributed by atoms with Crippen molar-refractivity contribution in [2.24, 2.45) is 0 Å². The Kier molecular flexibility index (Phi) is 102. The number of carboxylic acids is 2. The average molecular weight is 1940 g/mol. The number of aliphatic carboxylic acids is 2. The molecule has 0 aliphatic heterocycles. The standard InChI is InChI=1S/C18H15Cl2P.2C17H34O3.2C17H32O3.C16H32O3.C9H16O4/c19-21(20,16-10-4-1-5-11-16,17-12-6-2-7-13-17)18-14-8-3-9-15-18;4*1-2-3-4-5-6-9-12-16(19)13-10-7-8-11-14-17(20)15-18;1-2-3-4-5-6-9-12-15(17)13-10-7-8-11-14-16(18)19;10-7-8(11)5-3-1-2-4-6-9(12)13/h1-15H;2*16,18-19H,2-15H2,1H3;2*18H,2-15H2,1H3;15,17H,2-14H2,1H3,(H,18,19);10H,1-7H2,(H,12,13). The SMILES string of the molecule is CCCCCCCCC(=O)CCCCCCC(=O)CO.CCCCCCCCC(=O)CCCCCCC(=O)CO.CCCCCCCCC(O)CCCCCCC(=O)CO.CCCCCCCCC(O)CCCCCCC(=O)CO.CCCCCCCCC(O)CCCCCCC(=O)O.ClP(Cl)(c1ccccc1)(c1ccccc1)c1ccccc1.O=C(O)CCCCCCC(=O)CO. The number of benzene rings is 3. The molecule has 3 unspecified atom stereocenters. The van der Waals surface area contributed by atoms with Crippen LogP contribution in [0.2, 0.25) is 0 Å². The van der Waals surface area contributed by atoms with Crippen LogP contribution >= 0.6 is 27.8 Å². The number of hydrogen-bond acceptors (Lipinski definition) is 17. The summed E-state index contributed by atoms with van der Waals surface area (Å²) >= 11 is 14.5. The third kappa shape index (κ3) is 91.8. The Morgan fingerprint density at radius 3 is 0.496 bits per heavy atom. The molecule has 772 valence electrons. The Hall–Kier alpha value is -5.02. The fourth-order valence-corrected chi connectivity index (χ4v) is 20.4. The van der Waals surface area contributed by atoms with Crippen LogP contribution in [0, 0.1) is 0 Å². The van der Waals surface area contributed by atoms with Crippen molar-refractivity contribution in [1.29, 1.82) is 0 Å². The summed E-state index contributed by atoms with van der Waals surface area (Å²) < 4.78 is 0. The minimum Gasteiger partial charge on any atom is -0.481 e. The van der Waals surface area contributed by atoms with Gasteiger partial charge in [-0.05, 0) is 109 Å². The Balaban J connectivity index is -0.000000733. The summed E-state index contributed by atoms with van der Waals surface area (Å²) in [5, 5.41) is 88.4. The number of rotatable bonds is 85. The number of aliphatic hydroxyl groups excluding tert-OH is 8. The molecule has 0 fully saturated rings. The Morgan fingerprint density at radius 2 is 0.346 bits per heavy atom. The van der Waals surface area contributed by atoms with Gasteiger partial charge in [0.1, 0.15) is 44.6 Å². The number of hydrogen-bond donors (Lipinski definition) is 10. The first kappa shape index (κ1) is 134. The van der Waals surface area contributed by atoms with Crippen LogP contribution in [0.4, 0.5) is 0 Å². The smallest absolute Gasteiger partial charge is 0.303 e. The molecule has 19 nitrogen and oxygen atoms in total. The summed E-state index contributed by atoms with van der Waals surface area (Å²) in [7, 11) is 0. The number of carbonyl (C=O) groups excluding carboxylic acids is 7. The van der Waals surface area contributed by atoms with E-state index in [1.807, 2.05) is 91.0 Å². The molecule has 10 N–H and O–H groups in total. The molecular weight excluding hydrogens is 1740 g/mol. The Morgan fingerprint density at radius 1 is 0.211 bits per heavy atom. The molecule has 3 atom stereocenters. The largest absolute Gasteiger partial charge is 0.481 e. The zero-order valence-corrected chi connectivity index (χ0v) is 86.9. The van der Waals surface area contributed by atoms with Crippen LogP contribution in [-0.4, -0.2) is 155 Å². The van der Waals surface area contributed by atoms with Gasteiger partial charge < -0.3 is 51.1 Å². The van der Waals surface area contributed by atoms with Gasteiger partial charge in [-0.25, -0.2) is 0 Å². The van der Waals surface area contributed by atoms with Crippen LogP contribution in [-0.2, 0) is 43.2 Å². The zero-order valence-electron chi connectivity index (χ0n) is 84.5. The minimum absolute atomic E-state index is 0.0619. The topological polar surface area (TPSA) is 356 Å². The van der Waals surface area contributed by atoms with E-state index in [1.54, 1.807) is 0 Å². The number of carbonyl (C=O) groups is 9. The summed E-state index contributed by atoms with van der Waals surface area (Å²) in [5.74, 6) is -1.11. The molecule has 0 saturated carbocycles. The second kappa shape index (κ2) is 101. The van der Waals surface area contributed by atoms with E-state index in [0.717, 1.165) is 247 Å². The first-order valence-electron chi connectivity index (χ1n) is 53.0. The fourth-order valence-electron chi connectivity index (χ4n) is 15.3. The van der Waals surface area contributed by atoms with Crippen molar-refractivity contribution in [2.45, 2.75) is 509 Å². The van der Waals surface area contributed by atoms with E-state index in [1.165, 1.54) is 161 Å². The van der Waals surface area contributed by atoms with Gasteiger partial charge in [0.2, 0.25) is 0 Å². The second-order valence-corrected chi connectivity index (χ2v) is 44.5. The zero-order chi connectivity index (χ0) is 99.5. The fraction of sp³-hybridized carbons (Fsp3) is 0.757. The van der Waals surface area contributed by atoms with E-state index in [4.69, 9.17) is 58.2 Å². The molecule has 0 aliphatic rings. The van der Waals surface area contributed by atoms with Gasteiger partial charge >= 0.3 is 147 Å². The normalized spacial score (nSPS) is 11.9. The molecule has 3 aromatic rings. The van der Waals surface area contributed by atoms with Gasteiger partial charge in [0.15, 0.2) is 28.9 Å². The second-order valence-electron chi connectivity index (χ2n) is 36.5. The number of ketones is 7. The summed E-state index contributed by atoms with van der Waals surface area (Å²) in [4.78, 5) is 97.8. The summed E-state index contributed by atoms with van der Waals surface area (Å²) in [6.07, 6.45) is 71.0. The molecule has 133 heavy (non-hydrogen) atoms. The van der Waals surface area contributed by atoms with Gasteiger partial charge in [-0.2, -0.15) is 0 Å². The third-order valence-corrected chi connectivity index (χ3v) is 31.0. The van der Waals surface area contributed by atoms with Gasteiger partial charge in [0, 0.05) is 70.6 Å². The van der Waals surface area contributed by atoms with Crippen molar-refractivity contribution in [1.82, 2.24) is 0 Å². The molecule has 0 heterocycles. The van der Waals surface area contributed by atoms with E-state index in [-0.39, 0.29) is 93.1 Å². The quantitative estimate of drug-likeness (QED) is 0.0185. The first-order valence-corrected chi connectivity index (χ1v) is 57.1. The van der Waals surface area contributed by atoms with Crippen molar-refractivity contribution >= 4 is 96.1 Å². The number of halogens is 2. The average Bonchev–Trinajstić information content (AvgIpc) is 0.719. The molecule has 0 radical (unpaired) electrons. The number of carboxylic acid groups (broad SMARTS) is 2. The molecule has 0 saturated heterocycles. The van der Waals surface area contributed by atoms with Crippen molar-refractivity contribution < 1.29 is 94.2 Å². The minimum atomic E-state index is -3.43. The Labute approximate surface area is 818 Å². The van der Waals surface area contributed by atoms with E-state index in [2.05, 4.69) is 34.6 Å². The molecule has 0 aromatic heterocycles. The van der Waals surface area contributed by atoms with Crippen molar-refractivity contribution in [3.63, 3.8) is 0 Å². The molecule has 0 aliphatic carbocycles. The third-order valence-electron chi connectivity index (χ3n) is 23.9. The predicted octanol–water partition coefficient (Wildman–Crippen LogP) is 26.7. The van der Waals surface area contributed by atoms with Crippen molar-refractivity contribution in [3.05, 3.63) is 91.0 Å². The van der Waals surface area contributed by atoms with E-state index < -0.39 is 17.2 Å². The molecule has 3 aromatic carbocycles. The van der Waals surface area contributed by atoms with Crippen LogP contribution in [0.5, 0.6) is 0 Å². The molecule has 0 spiro atoms. The van der Waals surface area contributed by atoms with Crippen molar-refractivity contribution in [3.8, 4) is 0 Å². The van der Waals surface area contributed by atoms with Crippen LogP contribution in [0.1, 0.15) is 490 Å².